The van der Waals surface area contributed by atoms with E-state index in [1.54, 1.807) is 6.08 Å². The number of amides is 2. The number of carbonyl (C=O) groups is 3. The second kappa shape index (κ2) is 10.8. The summed E-state index contributed by atoms with van der Waals surface area (Å²) in [7, 11) is 0. The zero-order chi connectivity index (χ0) is 25.0. The Bertz CT molecular complexity index is 1150. The first-order valence-corrected chi connectivity index (χ1v) is 12.1. The van der Waals surface area contributed by atoms with Gasteiger partial charge in [-0.2, -0.15) is 0 Å². The van der Waals surface area contributed by atoms with Crippen molar-refractivity contribution in [3.05, 3.63) is 89.0 Å². The summed E-state index contributed by atoms with van der Waals surface area (Å²) in [4.78, 5) is 38.3. The summed E-state index contributed by atoms with van der Waals surface area (Å²) in [5.41, 5.74) is 0.110. The summed E-state index contributed by atoms with van der Waals surface area (Å²) < 4.78 is 21.4. The molecule has 1 fully saturated rings. The first-order valence-electron chi connectivity index (χ1n) is 11.3. The van der Waals surface area contributed by atoms with Crippen LogP contribution in [0.2, 0.25) is 0 Å². The molecule has 5 nitrogen and oxygen atoms in total. The second-order valence-electron chi connectivity index (χ2n) is 8.68. The Morgan fingerprint density at radius 2 is 1.83 bits per heavy atom. The van der Waals surface area contributed by atoms with E-state index in [2.05, 4.69) is 0 Å². The molecule has 0 unspecified atom stereocenters. The van der Waals surface area contributed by atoms with Crippen molar-refractivity contribution >= 4 is 47.1 Å². The van der Waals surface area contributed by atoms with Crippen LogP contribution in [0.15, 0.2) is 77.8 Å². The van der Waals surface area contributed by atoms with Crippen molar-refractivity contribution in [2.45, 2.75) is 36.4 Å². The van der Waals surface area contributed by atoms with Gasteiger partial charge in [0.2, 0.25) is 5.91 Å². The van der Waals surface area contributed by atoms with E-state index in [0.29, 0.717) is 18.3 Å². The van der Waals surface area contributed by atoms with Gasteiger partial charge in [-0.3, -0.25) is 4.79 Å². The van der Waals surface area contributed by atoms with Gasteiger partial charge in [-0.25, -0.2) is 14.1 Å². The lowest BCUT2D eigenvalue weighted by Crippen LogP contribution is -2.47. The van der Waals surface area contributed by atoms with Crippen LogP contribution in [0.1, 0.15) is 24.0 Å². The van der Waals surface area contributed by atoms with Crippen molar-refractivity contribution in [1.29, 1.82) is 0 Å². The average Bonchev–Trinajstić information content (AvgIpc) is 3.22. The molecule has 2 aliphatic rings. The Balaban J connectivity index is 1.56. The SMILES string of the molecule is O=CC[C@@H](C[C@@]1(F)C(Cl)=CC(c2ccccc2)=C[C@H]1Cl)C(=O)N1C(=O)OC[C@H]1Cc1ccccc1. The molecule has 1 heterocycles. The first-order chi connectivity index (χ1) is 16.8. The zero-order valence-corrected chi connectivity index (χ0v) is 20.3. The molecule has 0 bridgehead atoms. The Morgan fingerprint density at radius 1 is 1.17 bits per heavy atom. The van der Waals surface area contributed by atoms with Crippen LogP contribution in [-0.2, 0) is 20.7 Å². The number of ether oxygens (including phenoxy) is 1. The Kier molecular flexibility index (Phi) is 7.72. The summed E-state index contributed by atoms with van der Waals surface area (Å²) in [6, 6.07) is 18.0. The fraction of sp³-hybridized carbons (Fsp3) is 0.296. The van der Waals surface area contributed by atoms with Crippen LogP contribution < -0.4 is 0 Å². The topological polar surface area (TPSA) is 63.7 Å². The molecule has 0 N–H and O–H groups in total. The second-order valence-corrected chi connectivity index (χ2v) is 9.55. The van der Waals surface area contributed by atoms with Gasteiger partial charge in [0.1, 0.15) is 12.9 Å². The number of hydrogen-bond donors (Lipinski definition) is 0. The normalized spacial score (nSPS) is 24.9. The number of halogens is 3. The maximum Gasteiger partial charge on any atom is 0.416 e. The number of carbonyl (C=O) groups excluding carboxylic acids is 3. The van der Waals surface area contributed by atoms with Gasteiger partial charge in [-0.05, 0) is 29.2 Å². The first kappa shape index (κ1) is 25.1. The molecule has 1 saturated heterocycles. The molecule has 8 heteroatoms. The third-order valence-corrected chi connectivity index (χ3v) is 7.23. The van der Waals surface area contributed by atoms with Crippen molar-refractivity contribution in [3.63, 3.8) is 0 Å². The van der Waals surface area contributed by atoms with Crippen molar-refractivity contribution < 1.29 is 23.5 Å². The molecule has 1 aliphatic heterocycles. The number of aldehydes is 1. The van der Waals surface area contributed by atoms with Gasteiger partial charge >= 0.3 is 6.09 Å². The van der Waals surface area contributed by atoms with Crippen molar-refractivity contribution in [2.24, 2.45) is 5.92 Å². The van der Waals surface area contributed by atoms with Crippen molar-refractivity contribution in [3.8, 4) is 0 Å². The van der Waals surface area contributed by atoms with Gasteiger partial charge in [-0.1, -0.05) is 78.3 Å². The highest BCUT2D eigenvalue weighted by atomic mass is 35.5. The third-order valence-electron chi connectivity index (χ3n) is 6.34. The molecule has 0 spiro atoms. The standard InChI is InChI=1S/C27H24Cl2FNO4/c28-23-14-21(19-9-5-2-6-10-19)15-24(29)27(23,30)16-20(11-12-32)25(33)31-22(17-35-26(31)34)13-18-7-3-1-4-8-18/h1-10,12,14-15,20,22-23H,11,13,16-17H2/t20-,22+,23+,27-/m0/s1. The molecule has 0 radical (unpaired) electrons. The molecule has 4 rings (SSSR count). The number of imide groups is 1. The lowest BCUT2D eigenvalue weighted by Gasteiger charge is -2.35. The summed E-state index contributed by atoms with van der Waals surface area (Å²) in [5, 5.41) is -1.34. The van der Waals surface area contributed by atoms with E-state index in [9.17, 15) is 14.4 Å². The fourth-order valence-corrected chi connectivity index (χ4v) is 5.17. The highest BCUT2D eigenvalue weighted by Gasteiger charge is 2.48. The molecule has 182 valence electrons. The van der Waals surface area contributed by atoms with Gasteiger partial charge in [0.25, 0.3) is 0 Å². The van der Waals surface area contributed by atoms with E-state index in [4.69, 9.17) is 27.9 Å². The highest BCUT2D eigenvalue weighted by Crippen LogP contribution is 2.45. The number of rotatable bonds is 8. The van der Waals surface area contributed by atoms with Gasteiger partial charge in [0, 0.05) is 18.8 Å². The average molecular weight is 516 g/mol. The van der Waals surface area contributed by atoms with E-state index in [-0.39, 0.29) is 18.1 Å². The Morgan fingerprint density at radius 3 is 2.46 bits per heavy atom. The summed E-state index contributed by atoms with van der Waals surface area (Å²) in [6.07, 6.45) is 2.42. The highest BCUT2D eigenvalue weighted by molar-refractivity contribution is 6.34. The minimum Gasteiger partial charge on any atom is -0.447 e. The number of cyclic esters (lactones) is 1. The molecule has 35 heavy (non-hydrogen) atoms. The maximum atomic E-state index is 16.2. The molecule has 0 saturated carbocycles. The smallest absolute Gasteiger partial charge is 0.416 e. The molecular weight excluding hydrogens is 492 g/mol. The van der Waals surface area contributed by atoms with Crippen LogP contribution in [0.4, 0.5) is 9.18 Å². The minimum absolute atomic E-state index is 0.0238. The van der Waals surface area contributed by atoms with Crippen LogP contribution in [0.3, 0.4) is 0 Å². The molecule has 4 atom stereocenters. The van der Waals surface area contributed by atoms with Crippen LogP contribution in [0.5, 0.6) is 0 Å². The molecule has 0 aromatic heterocycles. The van der Waals surface area contributed by atoms with E-state index in [1.165, 1.54) is 6.08 Å². The van der Waals surface area contributed by atoms with Crippen LogP contribution >= 0.6 is 23.2 Å². The number of hydrogen-bond acceptors (Lipinski definition) is 4. The van der Waals surface area contributed by atoms with Gasteiger partial charge < -0.3 is 9.53 Å². The van der Waals surface area contributed by atoms with E-state index < -0.39 is 41.4 Å². The zero-order valence-electron chi connectivity index (χ0n) is 18.8. The number of alkyl halides is 2. The van der Waals surface area contributed by atoms with E-state index >= 15 is 4.39 Å². The number of benzene rings is 2. The predicted octanol–water partition coefficient (Wildman–Crippen LogP) is 5.71. The Labute approximate surface area is 213 Å². The molecule has 1 aliphatic carbocycles. The number of allylic oxidation sites excluding steroid dienone is 4. The molecular formula is C27H24Cl2FNO4. The molecule has 2 amide bonds. The van der Waals surface area contributed by atoms with Gasteiger partial charge in [0.05, 0.1) is 16.5 Å². The van der Waals surface area contributed by atoms with Crippen molar-refractivity contribution in [2.75, 3.05) is 6.61 Å². The third kappa shape index (κ3) is 5.34. The van der Waals surface area contributed by atoms with Gasteiger partial charge in [-0.15, -0.1) is 11.6 Å². The van der Waals surface area contributed by atoms with Crippen LogP contribution in [0, 0.1) is 5.92 Å². The summed E-state index contributed by atoms with van der Waals surface area (Å²) in [6.45, 7) is 0.0238. The van der Waals surface area contributed by atoms with E-state index in [1.807, 2.05) is 60.7 Å². The quantitative estimate of drug-likeness (QED) is 0.333. The molecule has 2 aromatic rings. The lowest BCUT2D eigenvalue weighted by atomic mass is 9.82. The van der Waals surface area contributed by atoms with Crippen LogP contribution in [0.25, 0.3) is 5.57 Å². The lowest BCUT2D eigenvalue weighted by molar-refractivity contribution is -0.136. The van der Waals surface area contributed by atoms with E-state index in [0.717, 1.165) is 16.0 Å². The molecule has 2 aromatic carbocycles. The predicted molar refractivity (Wildman–Crippen MR) is 133 cm³/mol. The fourth-order valence-electron chi connectivity index (χ4n) is 4.46. The van der Waals surface area contributed by atoms with Crippen LogP contribution in [-0.4, -0.2) is 46.9 Å². The number of nitrogens with zero attached hydrogens (tertiary/aromatic N) is 1. The van der Waals surface area contributed by atoms with Crippen molar-refractivity contribution in [1.82, 2.24) is 4.90 Å². The summed E-state index contributed by atoms with van der Waals surface area (Å²) in [5.74, 6) is -1.82. The minimum atomic E-state index is -2.29. The summed E-state index contributed by atoms with van der Waals surface area (Å²) >= 11 is 12.8. The monoisotopic (exact) mass is 515 g/mol. The van der Waals surface area contributed by atoms with Gasteiger partial charge in [0.15, 0.2) is 5.67 Å². The largest absolute Gasteiger partial charge is 0.447 e. The Hall–Kier alpha value is -2.96. The maximum absolute atomic E-state index is 16.2.